The van der Waals surface area contributed by atoms with E-state index in [-0.39, 0.29) is 11.8 Å². The van der Waals surface area contributed by atoms with Crippen LogP contribution in [0.25, 0.3) is 0 Å². The third kappa shape index (κ3) is 5.41. The predicted molar refractivity (Wildman–Crippen MR) is 86.5 cm³/mol. The molecule has 1 aliphatic rings. The largest absolute Gasteiger partial charge is 0.444 e. The van der Waals surface area contributed by atoms with Crippen molar-refractivity contribution < 1.29 is 19.1 Å². The fourth-order valence-corrected chi connectivity index (χ4v) is 2.56. The average molecular weight is 327 g/mol. The number of amides is 3. The van der Waals surface area contributed by atoms with Gasteiger partial charge >= 0.3 is 6.09 Å². The smallest absolute Gasteiger partial charge is 0.410 e. The summed E-state index contributed by atoms with van der Waals surface area (Å²) in [6.45, 7) is 9.59. The summed E-state index contributed by atoms with van der Waals surface area (Å²) < 4.78 is 5.34. The van der Waals surface area contributed by atoms with Crippen molar-refractivity contribution in [2.75, 3.05) is 6.54 Å². The van der Waals surface area contributed by atoms with Crippen LogP contribution >= 0.6 is 0 Å². The number of likely N-dealkylation sites (tertiary alicyclic amines) is 1. The molecule has 0 bridgehead atoms. The summed E-state index contributed by atoms with van der Waals surface area (Å²) in [4.78, 5) is 37.7. The second-order valence-electron chi connectivity index (χ2n) is 7.11. The van der Waals surface area contributed by atoms with Gasteiger partial charge in [-0.1, -0.05) is 20.3 Å². The second-order valence-corrected chi connectivity index (χ2v) is 7.11. The van der Waals surface area contributed by atoms with Gasteiger partial charge in [0.2, 0.25) is 11.8 Å². The maximum atomic E-state index is 12.5. The van der Waals surface area contributed by atoms with Gasteiger partial charge in [-0.2, -0.15) is 0 Å². The first-order chi connectivity index (χ1) is 10.6. The number of hydrogen-bond donors (Lipinski definition) is 2. The number of ether oxygens (including phenoxy) is 1. The molecular weight excluding hydrogens is 298 g/mol. The minimum absolute atomic E-state index is 0.0622. The molecule has 0 spiro atoms. The van der Waals surface area contributed by atoms with Crippen LogP contribution in [0, 0.1) is 5.92 Å². The van der Waals surface area contributed by atoms with E-state index >= 15 is 0 Å². The van der Waals surface area contributed by atoms with Crippen molar-refractivity contribution >= 4 is 17.9 Å². The Hall–Kier alpha value is -1.79. The Bertz CT molecular complexity index is 459. The highest BCUT2D eigenvalue weighted by Gasteiger charge is 2.38. The fraction of sp³-hybridized carbons (Fsp3) is 0.812. The number of nitrogens with one attached hydrogen (secondary N) is 1. The molecule has 3 N–H and O–H groups in total. The van der Waals surface area contributed by atoms with Crippen molar-refractivity contribution in [3.8, 4) is 0 Å². The molecule has 1 heterocycles. The molecule has 1 aliphatic heterocycles. The van der Waals surface area contributed by atoms with E-state index in [0.717, 1.165) is 6.42 Å². The zero-order valence-electron chi connectivity index (χ0n) is 14.7. The Morgan fingerprint density at radius 3 is 2.43 bits per heavy atom. The quantitative estimate of drug-likeness (QED) is 0.797. The van der Waals surface area contributed by atoms with Crippen molar-refractivity contribution in [3.63, 3.8) is 0 Å². The Labute approximate surface area is 137 Å². The van der Waals surface area contributed by atoms with Gasteiger partial charge in [0.25, 0.3) is 0 Å². The lowest BCUT2D eigenvalue weighted by Gasteiger charge is -2.29. The summed E-state index contributed by atoms with van der Waals surface area (Å²) in [5.41, 5.74) is 4.76. The van der Waals surface area contributed by atoms with Crippen molar-refractivity contribution in [2.45, 2.75) is 71.6 Å². The number of rotatable bonds is 5. The van der Waals surface area contributed by atoms with E-state index in [1.807, 2.05) is 13.8 Å². The molecule has 1 rings (SSSR count). The van der Waals surface area contributed by atoms with Gasteiger partial charge in [-0.3, -0.25) is 14.5 Å². The lowest BCUT2D eigenvalue weighted by atomic mass is 9.98. The van der Waals surface area contributed by atoms with Crippen molar-refractivity contribution in [1.82, 2.24) is 10.2 Å². The molecule has 0 aliphatic carbocycles. The van der Waals surface area contributed by atoms with E-state index < -0.39 is 29.7 Å². The zero-order chi connectivity index (χ0) is 17.8. The van der Waals surface area contributed by atoms with Crippen LogP contribution in [-0.4, -0.2) is 47.0 Å². The SMILES string of the molecule is CC[C@@H](C)[C@@H](NC(=O)[C@@H]1CCCN1C(=O)OC(C)(C)C)C(N)=O. The van der Waals surface area contributed by atoms with E-state index in [1.165, 1.54) is 4.90 Å². The van der Waals surface area contributed by atoms with Crippen LogP contribution in [0.3, 0.4) is 0 Å². The number of nitrogens with two attached hydrogens (primary N) is 1. The summed E-state index contributed by atoms with van der Waals surface area (Å²) >= 11 is 0. The van der Waals surface area contributed by atoms with Gasteiger partial charge in [-0.05, 0) is 39.5 Å². The molecule has 3 amide bonds. The normalized spacial score (nSPS) is 20.7. The number of primary amides is 1. The van der Waals surface area contributed by atoms with Gasteiger partial charge in [-0.25, -0.2) is 4.79 Å². The van der Waals surface area contributed by atoms with E-state index in [4.69, 9.17) is 10.5 Å². The van der Waals surface area contributed by atoms with Crippen LogP contribution in [0.15, 0.2) is 0 Å². The highest BCUT2D eigenvalue weighted by atomic mass is 16.6. The summed E-state index contributed by atoms with van der Waals surface area (Å²) in [6, 6.07) is -1.34. The summed E-state index contributed by atoms with van der Waals surface area (Å²) in [7, 11) is 0. The molecule has 0 aromatic rings. The molecule has 1 saturated heterocycles. The molecule has 7 nitrogen and oxygen atoms in total. The number of hydrogen-bond acceptors (Lipinski definition) is 4. The van der Waals surface area contributed by atoms with Crippen molar-refractivity contribution in [1.29, 1.82) is 0 Å². The Balaban J connectivity index is 2.77. The number of nitrogens with zero attached hydrogens (tertiary/aromatic N) is 1. The van der Waals surface area contributed by atoms with Crippen molar-refractivity contribution in [3.05, 3.63) is 0 Å². The maximum absolute atomic E-state index is 12.5. The topological polar surface area (TPSA) is 102 Å². The van der Waals surface area contributed by atoms with Crippen LogP contribution in [0.1, 0.15) is 53.9 Å². The Kier molecular flexibility index (Phi) is 6.41. The first-order valence-corrected chi connectivity index (χ1v) is 8.16. The summed E-state index contributed by atoms with van der Waals surface area (Å²) in [5.74, 6) is -0.972. The maximum Gasteiger partial charge on any atom is 0.410 e. The lowest BCUT2D eigenvalue weighted by Crippen LogP contribution is -2.54. The molecule has 23 heavy (non-hydrogen) atoms. The molecule has 1 fully saturated rings. The molecule has 7 heteroatoms. The van der Waals surface area contributed by atoms with Gasteiger partial charge in [0.1, 0.15) is 17.7 Å². The van der Waals surface area contributed by atoms with Crippen LogP contribution in [-0.2, 0) is 14.3 Å². The highest BCUT2D eigenvalue weighted by Crippen LogP contribution is 2.21. The van der Waals surface area contributed by atoms with Crippen LogP contribution in [0.5, 0.6) is 0 Å². The van der Waals surface area contributed by atoms with Gasteiger partial charge in [0.05, 0.1) is 0 Å². The Morgan fingerprint density at radius 2 is 1.96 bits per heavy atom. The standard InChI is InChI=1S/C16H29N3O4/c1-6-10(2)12(13(17)20)18-14(21)11-8-7-9-19(11)15(22)23-16(3,4)5/h10-12H,6-9H2,1-5H3,(H2,17,20)(H,18,21)/t10-,11+,12-/m1/s1. The average Bonchev–Trinajstić information content (AvgIpc) is 2.91. The molecule has 0 saturated carbocycles. The van der Waals surface area contributed by atoms with E-state index in [9.17, 15) is 14.4 Å². The van der Waals surface area contributed by atoms with Gasteiger partial charge in [0.15, 0.2) is 0 Å². The molecule has 0 aromatic carbocycles. The number of carbonyl (C=O) groups is 3. The molecule has 0 unspecified atom stereocenters. The summed E-state index contributed by atoms with van der Waals surface area (Å²) in [6.07, 6.45) is 1.49. The van der Waals surface area contributed by atoms with Crippen LogP contribution in [0.4, 0.5) is 4.79 Å². The van der Waals surface area contributed by atoms with E-state index in [0.29, 0.717) is 19.4 Å². The molecule has 132 valence electrons. The van der Waals surface area contributed by atoms with Crippen LogP contribution in [0.2, 0.25) is 0 Å². The third-order valence-electron chi connectivity index (χ3n) is 4.00. The van der Waals surface area contributed by atoms with E-state index in [1.54, 1.807) is 20.8 Å². The van der Waals surface area contributed by atoms with Crippen LogP contribution < -0.4 is 11.1 Å². The Morgan fingerprint density at radius 1 is 1.35 bits per heavy atom. The monoisotopic (exact) mass is 327 g/mol. The summed E-state index contributed by atoms with van der Waals surface area (Å²) in [5, 5.41) is 2.69. The zero-order valence-corrected chi connectivity index (χ0v) is 14.7. The number of carbonyl (C=O) groups excluding carboxylic acids is 3. The first kappa shape index (κ1) is 19.3. The van der Waals surface area contributed by atoms with Gasteiger partial charge in [-0.15, -0.1) is 0 Å². The minimum Gasteiger partial charge on any atom is -0.444 e. The van der Waals surface area contributed by atoms with Crippen molar-refractivity contribution in [2.24, 2.45) is 11.7 Å². The lowest BCUT2D eigenvalue weighted by molar-refractivity contribution is -0.131. The first-order valence-electron chi connectivity index (χ1n) is 8.16. The van der Waals surface area contributed by atoms with E-state index in [2.05, 4.69) is 5.32 Å². The minimum atomic E-state index is -0.728. The molecular formula is C16H29N3O4. The van der Waals surface area contributed by atoms with Gasteiger partial charge < -0.3 is 15.8 Å². The predicted octanol–water partition coefficient (Wildman–Crippen LogP) is 1.40. The van der Waals surface area contributed by atoms with Gasteiger partial charge in [0, 0.05) is 6.54 Å². The molecule has 0 aromatic heterocycles. The second kappa shape index (κ2) is 7.66. The fourth-order valence-electron chi connectivity index (χ4n) is 2.56. The third-order valence-corrected chi connectivity index (χ3v) is 4.00. The molecule has 0 radical (unpaired) electrons. The molecule has 3 atom stereocenters. The highest BCUT2D eigenvalue weighted by molar-refractivity contribution is 5.91.